The molecule has 2 rings (SSSR count). The topological polar surface area (TPSA) is 20.3 Å². The van der Waals surface area contributed by atoms with Crippen molar-refractivity contribution in [2.24, 2.45) is 5.92 Å². The highest BCUT2D eigenvalue weighted by molar-refractivity contribution is 14.1. The van der Waals surface area contributed by atoms with E-state index in [1.807, 2.05) is 36.2 Å². The van der Waals surface area contributed by atoms with Crippen LogP contribution in [0.4, 0.5) is 0 Å². The number of alkyl halides is 1. The highest BCUT2D eigenvalue weighted by atomic mass is 127. The lowest BCUT2D eigenvalue weighted by Gasteiger charge is -2.34. The van der Waals surface area contributed by atoms with E-state index in [1.54, 1.807) is 0 Å². The van der Waals surface area contributed by atoms with Crippen molar-refractivity contribution in [2.45, 2.75) is 17.7 Å². The summed E-state index contributed by atoms with van der Waals surface area (Å²) in [5, 5.41) is 0. The zero-order chi connectivity index (χ0) is 12.4. The number of carbonyl (C=O) groups excluding carboxylic acids is 1. The second kappa shape index (κ2) is 5.69. The van der Waals surface area contributed by atoms with E-state index < -0.39 is 0 Å². The molecular weight excluding hydrogens is 393 g/mol. The van der Waals surface area contributed by atoms with Gasteiger partial charge in [0, 0.05) is 22.0 Å². The summed E-state index contributed by atoms with van der Waals surface area (Å²) in [6.45, 7) is 0.867. The standard InChI is InChI=1S/C13H15BrINO/c1-16(8-9-6-10(14)7-9)13(17)11-4-2-3-5-12(11)15/h2-5,9-10H,6-8H2,1H3. The predicted molar refractivity (Wildman–Crippen MR) is 81.6 cm³/mol. The Bertz CT molecular complexity index is 418. The zero-order valence-corrected chi connectivity index (χ0v) is 13.4. The molecule has 1 fully saturated rings. The number of benzene rings is 1. The van der Waals surface area contributed by atoms with Crippen LogP contribution in [0.5, 0.6) is 0 Å². The summed E-state index contributed by atoms with van der Waals surface area (Å²) in [6.07, 6.45) is 2.37. The maximum Gasteiger partial charge on any atom is 0.254 e. The molecule has 1 aliphatic carbocycles. The third kappa shape index (κ3) is 3.22. The molecule has 1 saturated carbocycles. The molecule has 1 aliphatic rings. The van der Waals surface area contributed by atoms with Crippen LogP contribution in [0, 0.1) is 9.49 Å². The molecule has 0 unspecified atom stereocenters. The number of amides is 1. The van der Waals surface area contributed by atoms with Crippen molar-refractivity contribution in [3.8, 4) is 0 Å². The van der Waals surface area contributed by atoms with Gasteiger partial charge < -0.3 is 4.90 Å². The summed E-state index contributed by atoms with van der Waals surface area (Å²) in [6, 6.07) is 7.75. The SMILES string of the molecule is CN(CC1CC(Br)C1)C(=O)c1ccccc1I. The monoisotopic (exact) mass is 407 g/mol. The third-order valence-corrected chi connectivity index (χ3v) is 4.85. The third-order valence-electron chi connectivity index (χ3n) is 3.16. The van der Waals surface area contributed by atoms with Crippen molar-refractivity contribution >= 4 is 44.4 Å². The van der Waals surface area contributed by atoms with Crippen LogP contribution in [0.1, 0.15) is 23.2 Å². The molecule has 0 heterocycles. The molecule has 1 aromatic rings. The molecule has 0 bridgehead atoms. The molecule has 92 valence electrons. The minimum atomic E-state index is 0.132. The van der Waals surface area contributed by atoms with Crippen molar-refractivity contribution in [1.29, 1.82) is 0 Å². The van der Waals surface area contributed by atoms with Gasteiger partial charge in [0.1, 0.15) is 0 Å². The molecule has 0 radical (unpaired) electrons. The number of hydrogen-bond acceptors (Lipinski definition) is 1. The maximum atomic E-state index is 12.2. The van der Waals surface area contributed by atoms with E-state index in [1.165, 1.54) is 12.8 Å². The molecule has 0 aromatic heterocycles. The first-order valence-corrected chi connectivity index (χ1v) is 7.71. The highest BCUT2D eigenvalue weighted by Crippen LogP contribution is 2.33. The summed E-state index contributed by atoms with van der Waals surface area (Å²) >= 11 is 5.79. The minimum absolute atomic E-state index is 0.132. The van der Waals surface area contributed by atoms with Crippen LogP contribution in [0.25, 0.3) is 0 Å². The average molecular weight is 408 g/mol. The van der Waals surface area contributed by atoms with E-state index in [0.717, 1.165) is 15.7 Å². The van der Waals surface area contributed by atoms with Crippen molar-refractivity contribution in [3.05, 3.63) is 33.4 Å². The van der Waals surface area contributed by atoms with Gasteiger partial charge in [0.2, 0.25) is 0 Å². The summed E-state index contributed by atoms with van der Waals surface area (Å²) in [5.74, 6) is 0.794. The molecule has 0 N–H and O–H groups in total. The van der Waals surface area contributed by atoms with Crippen LogP contribution < -0.4 is 0 Å². The van der Waals surface area contributed by atoms with Gasteiger partial charge in [-0.1, -0.05) is 28.1 Å². The van der Waals surface area contributed by atoms with Crippen LogP contribution in [0.2, 0.25) is 0 Å². The second-order valence-corrected chi connectivity index (χ2v) is 7.06. The molecule has 4 heteroatoms. The number of carbonyl (C=O) groups is 1. The van der Waals surface area contributed by atoms with Gasteiger partial charge in [0.05, 0.1) is 5.56 Å². The first-order chi connectivity index (χ1) is 8.08. The van der Waals surface area contributed by atoms with E-state index in [0.29, 0.717) is 10.7 Å². The molecule has 1 aromatic carbocycles. The zero-order valence-electron chi connectivity index (χ0n) is 9.70. The predicted octanol–water partition coefficient (Wildman–Crippen LogP) is 3.54. The molecule has 0 aliphatic heterocycles. The number of hydrogen-bond donors (Lipinski definition) is 0. The van der Waals surface area contributed by atoms with Crippen LogP contribution in [0.15, 0.2) is 24.3 Å². The quantitative estimate of drug-likeness (QED) is 0.554. The lowest BCUT2D eigenvalue weighted by atomic mass is 9.85. The number of halogens is 2. The normalized spacial score (nSPS) is 23.0. The molecule has 0 spiro atoms. The second-order valence-electron chi connectivity index (χ2n) is 4.60. The van der Waals surface area contributed by atoms with E-state index in [9.17, 15) is 4.79 Å². The van der Waals surface area contributed by atoms with Crippen LogP contribution in [-0.2, 0) is 0 Å². The first kappa shape index (κ1) is 13.3. The summed E-state index contributed by atoms with van der Waals surface area (Å²) < 4.78 is 1.02. The Morgan fingerprint density at radius 1 is 1.47 bits per heavy atom. The van der Waals surface area contributed by atoms with Gasteiger partial charge in [-0.2, -0.15) is 0 Å². The van der Waals surface area contributed by atoms with Crippen LogP contribution in [-0.4, -0.2) is 29.2 Å². The van der Waals surface area contributed by atoms with Gasteiger partial charge >= 0.3 is 0 Å². The van der Waals surface area contributed by atoms with Crippen LogP contribution >= 0.6 is 38.5 Å². The largest absolute Gasteiger partial charge is 0.341 e. The minimum Gasteiger partial charge on any atom is -0.341 e. The lowest BCUT2D eigenvalue weighted by molar-refractivity contribution is 0.0747. The fourth-order valence-electron chi connectivity index (χ4n) is 2.11. The Morgan fingerprint density at radius 3 is 2.71 bits per heavy atom. The Morgan fingerprint density at radius 2 is 2.12 bits per heavy atom. The van der Waals surface area contributed by atoms with Gasteiger partial charge in [-0.05, 0) is 53.5 Å². The van der Waals surface area contributed by atoms with Crippen molar-refractivity contribution in [3.63, 3.8) is 0 Å². The first-order valence-electron chi connectivity index (χ1n) is 5.72. The Balaban J connectivity index is 1.97. The van der Waals surface area contributed by atoms with E-state index in [2.05, 4.69) is 38.5 Å². The number of nitrogens with zero attached hydrogens (tertiary/aromatic N) is 1. The molecule has 0 atom stereocenters. The number of rotatable bonds is 3. The fourth-order valence-corrected chi connectivity index (χ4v) is 3.79. The van der Waals surface area contributed by atoms with Gasteiger partial charge in [0.25, 0.3) is 5.91 Å². The lowest BCUT2D eigenvalue weighted by Crippen LogP contribution is -2.38. The summed E-state index contributed by atoms with van der Waals surface area (Å²) in [5.41, 5.74) is 0.810. The molecular formula is C13H15BrINO. The smallest absolute Gasteiger partial charge is 0.254 e. The summed E-state index contributed by atoms with van der Waals surface area (Å²) in [7, 11) is 1.90. The Labute approximate surface area is 124 Å². The molecule has 2 nitrogen and oxygen atoms in total. The van der Waals surface area contributed by atoms with E-state index >= 15 is 0 Å². The van der Waals surface area contributed by atoms with Gasteiger partial charge in [-0.15, -0.1) is 0 Å². The van der Waals surface area contributed by atoms with Gasteiger partial charge in [0.15, 0.2) is 0 Å². The Kier molecular flexibility index (Phi) is 4.47. The maximum absolute atomic E-state index is 12.2. The molecule has 0 saturated heterocycles. The molecule has 1 amide bonds. The Hall–Kier alpha value is -0.100. The fraction of sp³-hybridized carbons (Fsp3) is 0.462. The summed E-state index contributed by atoms with van der Waals surface area (Å²) in [4.78, 5) is 14.7. The van der Waals surface area contributed by atoms with Gasteiger partial charge in [-0.25, -0.2) is 0 Å². The van der Waals surface area contributed by atoms with Crippen molar-refractivity contribution in [1.82, 2.24) is 4.90 Å². The van der Waals surface area contributed by atoms with E-state index in [-0.39, 0.29) is 5.91 Å². The van der Waals surface area contributed by atoms with E-state index in [4.69, 9.17) is 0 Å². The average Bonchev–Trinajstić information content (AvgIpc) is 2.26. The van der Waals surface area contributed by atoms with Gasteiger partial charge in [-0.3, -0.25) is 4.79 Å². The molecule has 17 heavy (non-hydrogen) atoms. The van der Waals surface area contributed by atoms with Crippen molar-refractivity contribution < 1.29 is 4.79 Å². The van der Waals surface area contributed by atoms with Crippen LogP contribution in [0.3, 0.4) is 0 Å². The highest BCUT2D eigenvalue weighted by Gasteiger charge is 2.29. The van der Waals surface area contributed by atoms with Crippen molar-refractivity contribution in [2.75, 3.05) is 13.6 Å².